The highest BCUT2D eigenvalue weighted by Crippen LogP contribution is 2.20. The van der Waals surface area contributed by atoms with Crippen molar-refractivity contribution in [1.29, 1.82) is 0 Å². The Morgan fingerprint density at radius 3 is 2.53 bits per heavy atom. The van der Waals surface area contributed by atoms with Crippen molar-refractivity contribution in [1.82, 2.24) is 0 Å². The Bertz CT molecular complexity index is 578. The number of carbonyl (C=O) groups is 1. The number of hydrogen-bond acceptors (Lipinski definition) is 1. The highest BCUT2D eigenvalue weighted by Gasteiger charge is 2.13. The van der Waals surface area contributed by atoms with Crippen LogP contribution in [0.5, 0.6) is 0 Å². The molecule has 0 bridgehead atoms. The highest BCUT2D eigenvalue weighted by molar-refractivity contribution is 6.31. The molecule has 0 radical (unpaired) electrons. The molecule has 0 saturated heterocycles. The van der Waals surface area contributed by atoms with Crippen LogP contribution < -0.4 is 0 Å². The second-order valence-electron chi connectivity index (χ2n) is 3.77. The molecule has 17 heavy (non-hydrogen) atoms. The molecule has 0 amide bonds. The van der Waals surface area contributed by atoms with Crippen molar-refractivity contribution >= 4 is 17.4 Å². The molecule has 0 atom stereocenters. The fourth-order valence-corrected chi connectivity index (χ4v) is 1.72. The number of benzene rings is 2. The number of carbonyl (C=O) groups excluding carboxylic acids is 1. The first-order valence-electron chi connectivity index (χ1n) is 5.15. The van der Waals surface area contributed by atoms with Gasteiger partial charge in [-0.3, -0.25) is 4.79 Å². The van der Waals surface area contributed by atoms with Gasteiger partial charge in [-0.05, 0) is 30.7 Å². The van der Waals surface area contributed by atoms with Crippen molar-refractivity contribution in [2.24, 2.45) is 0 Å². The van der Waals surface area contributed by atoms with E-state index >= 15 is 0 Å². The van der Waals surface area contributed by atoms with Crippen LogP contribution in [0.1, 0.15) is 21.5 Å². The third-order valence-corrected chi connectivity index (χ3v) is 2.96. The van der Waals surface area contributed by atoms with Gasteiger partial charge >= 0.3 is 0 Å². The van der Waals surface area contributed by atoms with Crippen LogP contribution in [0.2, 0.25) is 5.02 Å². The monoisotopic (exact) mass is 248 g/mol. The largest absolute Gasteiger partial charge is 0.288 e. The summed E-state index contributed by atoms with van der Waals surface area (Å²) in [6, 6.07) is 10.9. The van der Waals surface area contributed by atoms with Crippen molar-refractivity contribution in [3.05, 3.63) is 70.0 Å². The third kappa shape index (κ3) is 2.37. The van der Waals surface area contributed by atoms with Crippen molar-refractivity contribution in [3.63, 3.8) is 0 Å². The average Bonchev–Trinajstić information content (AvgIpc) is 2.32. The minimum atomic E-state index is -0.519. The fraction of sp³-hybridized carbons (Fsp3) is 0.0714. The molecular formula is C14H10ClFO. The van der Waals surface area contributed by atoms with E-state index in [4.69, 9.17) is 11.6 Å². The van der Waals surface area contributed by atoms with E-state index in [1.54, 1.807) is 30.3 Å². The number of rotatable bonds is 2. The molecule has 0 fully saturated rings. The second kappa shape index (κ2) is 4.68. The highest BCUT2D eigenvalue weighted by atomic mass is 35.5. The maximum absolute atomic E-state index is 13.5. The zero-order valence-electron chi connectivity index (χ0n) is 9.21. The lowest BCUT2D eigenvalue weighted by atomic mass is 10.0. The van der Waals surface area contributed by atoms with Gasteiger partial charge in [0.2, 0.25) is 0 Å². The Balaban J connectivity index is 2.44. The lowest BCUT2D eigenvalue weighted by molar-refractivity contribution is 0.103. The molecule has 1 nitrogen and oxygen atoms in total. The normalized spacial score (nSPS) is 10.3. The first kappa shape index (κ1) is 11.8. The zero-order chi connectivity index (χ0) is 12.4. The number of ketones is 1. The maximum Gasteiger partial charge on any atom is 0.196 e. The summed E-state index contributed by atoms with van der Waals surface area (Å²) in [7, 11) is 0. The summed E-state index contributed by atoms with van der Waals surface area (Å²) in [6.07, 6.45) is 0. The third-order valence-electron chi connectivity index (χ3n) is 2.55. The fourth-order valence-electron chi connectivity index (χ4n) is 1.53. The average molecular weight is 249 g/mol. The topological polar surface area (TPSA) is 17.1 Å². The first-order chi connectivity index (χ1) is 8.09. The van der Waals surface area contributed by atoms with Gasteiger partial charge in [0.05, 0.1) is 5.56 Å². The lowest BCUT2D eigenvalue weighted by Gasteiger charge is -2.04. The van der Waals surface area contributed by atoms with Gasteiger partial charge in [0.25, 0.3) is 0 Å². The number of aryl methyl sites for hydroxylation is 1. The van der Waals surface area contributed by atoms with E-state index in [9.17, 15) is 9.18 Å². The van der Waals surface area contributed by atoms with Gasteiger partial charge in [-0.15, -0.1) is 0 Å². The van der Waals surface area contributed by atoms with Gasteiger partial charge in [0.1, 0.15) is 5.82 Å². The summed E-state index contributed by atoms with van der Waals surface area (Å²) in [6.45, 7) is 1.85. The summed E-state index contributed by atoms with van der Waals surface area (Å²) >= 11 is 5.94. The molecule has 2 rings (SSSR count). The summed E-state index contributed by atoms with van der Waals surface area (Å²) in [4.78, 5) is 12.0. The summed E-state index contributed by atoms with van der Waals surface area (Å²) in [5, 5.41) is 0.507. The molecule has 3 heteroatoms. The van der Waals surface area contributed by atoms with Crippen LogP contribution in [0.15, 0.2) is 42.5 Å². The molecule has 0 aromatic heterocycles. The van der Waals surface area contributed by atoms with Gasteiger partial charge in [-0.1, -0.05) is 35.9 Å². The summed E-state index contributed by atoms with van der Waals surface area (Å²) in [5.74, 6) is -0.876. The van der Waals surface area contributed by atoms with Gasteiger partial charge in [0.15, 0.2) is 5.78 Å². The van der Waals surface area contributed by atoms with Gasteiger partial charge in [-0.25, -0.2) is 4.39 Å². The van der Waals surface area contributed by atoms with Gasteiger partial charge in [0, 0.05) is 10.6 Å². The van der Waals surface area contributed by atoms with Gasteiger partial charge in [-0.2, -0.15) is 0 Å². The van der Waals surface area contributed by atoms with E-state index < -0.39 is 5.82 Å². The Kier molecular flexibility index (Phi) is 3.25. The Morgan fingerprint density at radius 2 is 1.88 bits per heavy atom. The van der Waals surface area contributed by atoms with E-state index in [2.05, 4.69) is 0 Å². The Morgan fingerprint density at radius 1 is 1.18 bits per heavy atom. The van der Waals surface area contributed by atoms with Crippen LogP contribution in [0, 0.1) is 12.7 Å². The molecule has 2 aromatic carbocycles. The Hall–Kier alpha value is -1.67. The number of hydrogen-bond donors (Lipinski definition) is 0. The molecule has 0 saturated carbocycles. The van der Waals surface area contributed by atoms with Gasteiger partial charge < -0.3 is 0 Å². The molecule has 0 spiro atoms. The van der Waals surface area contributed by atoms with Crippen LogP contribution in [0.25, 0.3) is 0 Å². The maximum atomic E-state index is 13.5. The molecule has 0 heterocycles. The van der Waals surface area contributed by atoms with Crippen LogP contribution in [-0.4, -0.2) is 5.78 Å². The van der Waals surface area contributed by atoms with E-state index in [0.717, 1.165) is 5.56 Å². The van der Waals surface area contributed by atoms with Crippen molar-refractivity contribution in [2.75, 3.05) is 0 Å². The van der Waals surface area contributed by atoms with Crippen LogP contribution in [0.4, 0.5) is 4.39 Å². The predicted molar refractivity (Wildman–Crippen MR) is 66.0 cm³/mol. The van der Waals surface area contributed by atoms with E-state index in [-0.39, 0.29) is 11.3 Å². The molecule has 0 aliphatic carbocycles. The van der Waals surface area contributed by atoms with Crippen molar-refractivity contribution in [3.8, 4) is 0 Å². The van der Waals surface area contributed by atoms with Crippen LogP contribution in [0.3, 0.4) is 0 Å². The van der Waals surface area contributed by atoms with E-state index in [0.29, 0.717) is 10.6 Å². The summed E-state index contributed by atoms with van der Waals surface area (Å²) in [5.41, 5.74) is 1.34. The molecular weight excluding hydrogens is 239 g/mol. The Labute approximate surface area is 104 Å². The second-order valence-corrected chi connectivity index (χ2v) is 4.18. The minimum Gasteiger partial charge on any atom is -0.288 e. The van der Waals surface area contributed by atoms with E-state index in [1.165, 1.54) is 12.1 Å². The first-order valence-corrected chi connectivity index (χ1v) is 5.53. The molecule has 0 aliphatic rings. The SMILES string of the molecule is Cc1ccc(C(=O)c2ccccc2F)cc1Cl. The van der Waals surface area contributed by atoms with Crippen LogP contribution in [-0.2, 0) is 0 Å². The predicted octanol–water partition coefficient (Wildman–Crippen LogP) is 4.02. The molecule has 0 N–H and O–H groups in total. The van der Waals surface area contributed by atoms with Crippen LogP contribution >= 0.6 is 11.6 Å². The zero-order valence-corrected chi connectivity index (χ0v) is 9.96. The smallest absolute Gasteiger partial charge is 0.196 e. The molecule has 2 aromatic rings. The van der Waals surface area contributed by atoms with Crippen molar-refractivity contribution < 1.29 is 9.18 Å². The standard InChI is InChI=1S/C14H10ClFO/c1-9-6-7-10(8-12(9)15)14(17)11-4-2-3-5-13(11)16/h2-8H,1H3. The summed E-state index contributed by atoms with van der Waals surface area (Å²) < 4.78 is 13.5. The van der Waals surface area contributed by atoms with E-state index in [1.807, 2.05) is 6.92 Å². The quantitative estimate of drug-likeness (QED) is 0.734. The molecule has 0 unspecified atom stereocenters. The molecule has 0 aliphatic heterocycles. The lowest BCUT2D eigenvalue weighted by Crippen LogP contribution is -2.04. The number of halogens is 2. The minimum absolute atomic E-state index is 0.0624. The van der Waals surface area contributed by atoms with Crippen molar-refractivity contribution in [2.45, 2.75) is 6.92 Å². The molecule has 86 valence electrons.